The minimum absolute atomic E-state index is 0.276. The lowest BCUT2D eigenvalue weighted by Gasteiger charge is -2.45. The van der Waals surface area contributed by atoms with Crippen molar-refractivity contribution in [1.29, 1.82) is 0 Å². The summed E-state index contributed by atoms with van der Waals surface area (Å²) in [5, 5.41) is 8.82. The lowest BCUT2D eigenvalue weighted by Crippen LogP contribution is -2.60. The number of nitrogens with zero attached hydrogens (tertiary/aromatic N) is 4. The third-order valence-corrected chi connectivity index (χ3v) is 5.84. The largest absolute Gasteiger partial charge is 0.351 e. The van der Waals surface area contributed by atoms with Crippen LogP contribution in [0.4, 0.5) is 5.82 Å². The monoisotopic (exact) mass is 314 g/mol. The van der Waals surface area contributed by atoms with Gasteiger partial charge in [0, 0.05) is 26.1 Å². The highest BCUT2D eigenvalue weighted by molar-refractivity contribution is 5.79. The van der Waals surface area contributed by atoms with E-state index in [1.54, 1.807) is 0 Å². The molecule has 3 aliphatic rings. The quantitative estimate of drug-likeness (QED) is 0.858. The first-order chi connectivity index (χ1) is 11.2. The molecule has 1 aromatic rings. The number of fused-ring (bicyclic) bond motifs is 1. The zero-order valence-electron chi connectivity index (χ0n) is 14.0. The Balaban J connectivity index is 1.36. The molecule has 5 nitrogen and oxygen atoms in total. The SMILES string of the molecule is CN(C(=O)C1CCCC1)C1CN(c2cc3c(nn2)CCCC3)C1. The van der Waals surface area contributed by atoms with Crippen LogP contribution in [0.15, 0.2) is 6.07 Å². The molecule has 0 unspecified atom stereocenters. The van der Waals surface area contributed by atoms with Crippen LogP contribution in [-0.4, -0.2) is 47.2 Å². The molecule has 5 heteroatoms. The first-order valence-electron chi connectivity index (χ1n) is 9.09. The van der Waals surface area contributed by atoms with Gasteiger partial charge >= 0.3 is 0 Å². The molecule has 0 aromatic carbocycles. The number of rotatable bonds is 3. The van der Waals surface area contributed by atoms with Crippen LogP contribution in [-0.2, 0) is 17.6 Å². The minimum atomic E-state index is 0.276. The third-order valence-electron chi connectivity index (χ3n) is 5.84. The van der Waals surface area contributed by atoms with Gasteiger partial charge in [-0.05, 0) is 50.2 Å². The molecule has 1 saturated heterocycles. The highest BCUT2D eigenvalue weighted by Crippen LogP contribution is 2.29. The zero-order valence-corrected chi connectivity index (χ0v) is 14.0. The van der Waals surface area contributed by atoms with Crippen LogP contribution >= 0.6 is 0 Å². The molecule has 1 saturated carbocycles. The normalized spacial score (nSPS) is 21.9. The Hall–Kier alpha value is -1.65. The summed E-state index contributed by atoms with van der Waals surface area (Å²) < 4.78 is 0. The number of carbonyl (C=O) groups excluding carboxylic acids is 1. The van der Waals surface area contributed by atoms with Crippen LogP contribution in [0, 0.1) is 5.92 Å². The molecule has 124 valence electrons. The Morgan fingerprint density at radius 2 is 1.87 bits per heavy atom. The molecule has 1 aliphatic heterocycles. The van der Waals surface area contributed by atoms with Crippen molar-refractivity contribution in [3.05, 3.63) is 17.3 Å². The number of hydrogen-bond acceptors (Lipinski definition) is 4. The molecular formula is C18H26N4O. The highest BCUT2D eigenvalue weighted by atomic mass is 16.2. The molecular weight excluding hydrogens is 288 g/mol. The molecule has 2 fully saturated rings. The fourth-order valence-corrected chi connectivity index (χ4v) is 4.16. The Morgan fingerprint density at radius 3 is 2.65 bits per heavy atom. The maximum atomic E-state index is 12.5. The maximum Gasteiger partial charge on any atom is 0.225 e. The summed E-state index contributed by atoms with van der Waals surface area (Å²) in [5.74, 6) is 1.62. The van der Waals surface area contributed by atoms with E-state index in [1.807, 2.05) is 11.9 Å². The second kappa shape index (κ2) is 6.10. The van der Waals surface area contributed by atoms with E-state index in [1.165, 1.54) is 36.9 Å². The predicted molar refractivity (Wildman–Crippen MR) is 89.4 cm³/mol. The van der Waals surface area contributed by atoms with Gasteiger partial charge in [0.1, 0.15) is 0 Å². The molecule has 23 heavy (non-hydrogen) atoms. The summed E-state index contributed by atoms with van der Waals surface area (Å²) in [6.07, 6.45) is 9.29. The van der Waals surface area contributed by atoms with Crippen LogP contribution in [0.1, 0.15) is 49.8 Å². The van der Waals surface area contributed by atoms with Crippen molar-refractivity contribution in [1.82, 2.24) is 15.1 Å². The fraction of sp³-hybridized carbons (Fsp3) is 0.722. The molecule has 4 rings (SSSR count). The lowest BCUT2D eigenvalue weighted by atomic mass is 9.96. The topological polar surface area (TPSA) is 49.3 Å². The summed E-state index contributed by atoms with van der Waals surface area (Å²) in [6.45, 7) is 1.78. The summed E-state index contributed by atoms with van der Waals surface area (Å²) in [4.78, 5) is 16.7. The minimum Gasteiger partial charge on any atom is -0.351 e. The van der Waals surface area contributed by atoms with Crippen molar-refractivity contribution in [2.45, 2.75) is 57.4 Å². The molecule has 1 amide bonds. The molecule has 1 aromatic heterocycles. The Labute approximate surface area is 138 Å². The van der Waals surface area contributed by atoms with Gasteiger partial charge in [0.05, 0.1) is 11.7 Å². The van der Waals surface area contributed by atoms with Gasteiger partial charge < -0.3 is 9.80 Å². The molecule has 2 aliphatic carbocycles. The number of anilines is 1. The van der Waals surface area contributed by atoms with Gasteiger partial charge in [0.2, 0.25) is 5.91 Å². The van der Waals surface area contributed by atoms with Gasteiger partial charge in [0.25, 0.3) is 0 Å². The van der Waals surface area contributed by atoms with Gasteiger partial charge in [0.15, 0.2) is 5.82 Å². The molecule has 0 radical (unpaired) electrons. The van der Waals surface area contributed by atoms with E-state index in [-0.39, 0.29) is 5.92 Å². The van der Waals surface area contributed by atoms with Crippen LogP contribution in [0.2, 0.25) is 0 Å². The molecule has 2 heterocycles. The van der Waals surface area contributed by atoms with Gasteiger partial charge in [-0.25, -0.2) is 0 Å². The Morgan fingerprint density at radius 1 is 1.13 bits per heavy atom. The average molecular weight is 314 g/mol. The number of hydrogen-bond donors (Lipinski definition) is 0. The number of aromatic nitrogens is 2. The molecule has 0 N–H and O–H groups in total. The number of aryl methyl sites for hydroxylation is 2. The average Bonchev–Trinajstić information content (AvgIpc) is 3.07. The van der Waals surface area contributed by atoms with E-state index in [0.29, 0.717) is 11.9 Å². The van der Waals surface area contributed by atoms with Crippen molar-refractivity contribution >= 4 is 11.7 Å². The number of carbonyl (C=O) groups is 1. The van der Waals surface area contributed by atoms with Crippen molar-refractivity contribution < 1.29 is 4.79 Å². The van der Waals surface area contributed by atoms with Gasteiger partial charge in [-0.1, -0.05) is 12.8 Å². The summed E-state index contributed by atoms with van der Waals surface area (Å²) in [7, 11) is 1.97. The Bertz CT molecular complexity index is 591. The summed E-state index contributed by atoms with van der Waals surface area (Å²) in [5.41, 5.74) is 2.56. The zero-order chi connectivity index (χ0) is 15.8. The second-order valence-electron chi connectivity index (χ2n) is 7.37. The summed E-state index contributed by atoms with van der Waals surface area (Å²) >= 11 is 0. The van der Waals surface area contributed by atoms with E-state index in [4.69, 9.17) is 0 Å². The lowest BCUT2D eigenvalue weighted by molar-refractivity contribution is -0.136. The van der Waals surface area contributed by atoms with Gasteiger partial charge in [-0.3, -0.25) is 4.79 Å². The van der Waals surface area contributed by atoms with Crippen molar-refractivity contribution in [3.63, 3.8) is 0 Å². The second-order valence-corrected chi connectivity index (χ2v) is 7.37. The van der Waals surface area contributed by atoms with E-state index in [0.717, 1.165) is 44.6 Å². The van der Waals surface area contributed by atoms with Crippen molar-refractivity contribution in [2.24, 2.45) is 5.92 Å². The van der Waals surface area contributed by atoms with Crippen LogP contribution in [0.3, 0.4) is 0 Å². The number of likely N-dealkylation sites (N-methyl/N-ethyl adjacent to an activating group) is 1. The van der Waals surface area contributed by atoms with Crippen molar-refractivity contribution in [2.75, 3.05) is 25.0 Å². The first kappa shape index (κ1) is 14.9. The Kier molecular flexibility index (Phi) is 3.95. The smallest absolute Gasteiger partial charge is 0.225 e. The fourth-order valence-electron chi connectivity index (χ4n) is 4.16. The van der Waals surface area contributed by atoms with Crippen LogP contribution < -0.4 is 4.90 Å². The first-order valence-corrected chi connectivity index (χ1v) is 9.09. The maximum absolute atomic E-state index is 12.5. The molecule has 0 atom stereocenters. The molecule has 0 bridgehead atoms. The van der Waals surface area contributed by atoms with Gasteiger partial charge in [-0.2, -0.15) is 5.10 Å². The van der Waals surface area contributed by atoms with Gasteiger partial charge in [-0.15, -0.1) is 5.10 Å². The molecule has 0 spiro atoms. The summed E-state index contributed by atoms with van der Waals surface area (Å²) in [6, 6.07) is 2.55. The van der Waals surface area contributed by atoms with E-state index >= 15 is 0 Å². The third kappa shape index (κ3) is 2.81. The standard InChI is InChI=1S/C18H26N4O/c1-21(18(23)13-6-2-3-7-13)15-11-22(12-15)17-10-14-8-4-5-9-16(14)19-20-17/h10,13,15H,2-9,11-12H2,1H3. The predicted octanol–water partition coefficient (Wildman–Crippen LogP) is 2.19. The van der Waals surface area contributed by atoms with Crippen molar-refractivity contribution in [3.8, 4) is 0 Å². The van der Waals surface area contributed by atoms with E-state index in [9.17, 15) is 4.79 Å². The van der Waals surface area contributed by atoms with E-state index in [2.05, 4.69) is 21.2 Å². The van der Waals surface area contributed by atoms with Crippen LogP contribution in [0.25, 0.3) is 0 Å². The van der Waals surface area contributed by atoms with E-state index < -0.39 is 0 Å². The highest BCUT2D eigenvalue weighted by Gasteiger charge is 2.36. The van der Waals surface area contributed by atoms with Crippen LogP contribution in [0.5, 0.6) is 0 Å². The number of amides is 1.